The number of ether oxygens (including phenoxy) is 2. The first-order valence-electron chi connectivity index (χ1n) is 11.1. The molecule has 1 aromatic heterocycles. The highest BCUT2D eigenvalue weighted by molar-refractivity contribution is 5.97. The maximum absolute atomic E-state index is 14.6. The highest BCUT2D eigenvalue weighted by Crippen LogP contribution is 2.55. The molecule has 0 radical (unpaired) electrons. The van der Waals surface area contributed by atoms with Gasteiger partial charge < -0.3 is 25.7 Å². The minimum absolute atomic E-state index is 0.0926. The molecule has 184 valence electrons. The van der Waals surface area contributed by atoms with Gasteiger partial charge in [-0.1, -0.05) is 13.0 Å². The number of amides is 2. The summed E-state index contributed by atoms with van der Waals surface area (Å²) in [4.78, 5) is 24.6. The summed E-state index contributed by atoms with van der Waals surface area (Å²) < 4.78 is 102. The Kier molecular flexibility index (Phi) is 5.40. The number of pyridine rings is 1. The Morgan fingerprint density at radius 3 is 2.59 bits per heavy atom. The van der Waals surface area contributed by atoms with Crippen LogP contribution in [0.3, 0.4) is 0 Å². The second-order valence-electron chi connectivity index (χ2n) is 7.82. The van der Waals surface area contributed by atoms with Gasteiger partial charge in [0.25, 0.3) is 11.6 Å². The molecule has 2 heterocycles. The Labute approximate surface area is 194 Å². The lowest BCUT2D eigenvalue weighted by atomic mass is 9.77. The van der Waals surface area contributed by atoms with Crippen LogP contribution in [0, 0.1) is 22.8 Å². The van der Waals surface area contributed by atoms with Crippen LogP contribution in [0.25, 0.3) is 0 Å². The molecule has 0 bridgehead atoms. The van der Waals surface area contributed by atoms with E-state index in [1.807, 2.05) is 0 Å². The number of nitrogens with two attached hydrogens (primary N) is 1. The van der Waals surface area contributed by atoms with Crippen molar-refractivity contribution in [3.8, 4) is 5.75 Å². The number of nitrogens with one attached hydrogen (secondary N) is 1. The van der Waals surface area contributed by atoms with E-state index in [-0.39, 0.29) is 10.4 Å². The van der Waals surface area contributed by atoms with Crippen LogP contribution in [0.1, 0.15) is 39.9 Å². The number of aromatic nitrogens is 1. The Bertz CT molecular complexity index is 1240. The van der Waals surface area contributed by atoms with E-state index >= 15 is 0 Å². The Hall–Kier alpha value is -3.48. The van der Waals surface area contributed by atoms with E-state index in [1.54, 1.807) is 0 Å². The predicted molar refractivity (Wildman–Crippen MR) is 107 cm³/mol. The number of halogens is 5. The van der Waals surface area contributed by atoms with Crippen LogP contribution in [-0.2, 0) is 9.53 Å². The number of carbonyl (C=O) groups is 2. The van der Waals surface area contributed by atoms with Crippen LogP contribution < -0.4 is 20.5 Å². The number of benzene rings is 1. The van der Waals surface area contributed by atoms with E-state index < -0.39 is 77.2 Å². The number of anilines is 1. The molecule has 1 aromatic carbocycles. The van der Waals surface area contributed by atoms with E-state index in [9.17, 15) is 36.7 Å². The zero-order valence-electron chi connectivity index (χ0n) is 20.6. The lowest BCUT2D eigenvalue weighted by molar-refractivity contribution is -0.607. The van der Waals surface area contributed by atoms with Crippen molar-refractivity contribution in [3.63, 3.8) is 0 Å². The van der Waals surface area contributed by atoms with Gasteiger partial charge in [0, 0.05) is 29.5 Å². The lowest BCUT2D eigenvalue weighted by Gasteiger charge is -2.32. The number of alkyl halides is 3. The van der Waals surface area contributed by atoms with E-state index in [2.05, 4.69) is 10.1 Å². The van der Waals surface area contributed by atoms with Crippen molar-refractivity contribution in [2.75, 3.05) is 12.4 Å². The van der Waals surface area contributed by atoms with Crippen molar-refractivity contribution in [1.29, 1.82) is 0 Å². The van der Waals surface area contributed by atoms with Gasteiger partial charge >= 0.3 is 12.1 Å². The molecule has 0 aliphatic carbocycles. The van der Waals surface area contributed by atoms with Gasteiger partial charge in [0.1, 0.15) is 6.10 Å². The summed E-state index contributed by atoms with van der Waals surface area (Å²) in [5.41, 5.74) is 0.723. The highest BCUT2D eigenvalue weighted by atomic mass is 19.4. The third-order valence-electron chi connectivity index (χ3n) is 5.91. The molecule has 0 unspecified atom stereocenters. The molecule has 1 aliphatic rings. The van der Waals surface area contributed by atoms with Crippen molar-refractivity contribution in [3.05, 3.63) is 58.6 Å². The number of hydrogen-bond donors (Lipinski definition) is 2. The lowest BCUT2D eigenvalue weighted by Crippen LogP contribution is -2.47. The standard InChI is InChI=1S/C21H20F5N3O5/c1-9-14(11-4-5-12(22)15(23)16(11)33-3)17(34-20(9,2)21(24,25)26)19(31)28-10-6-7-29(32)13(8-10)18(27)30/h4-9,14,17H,1-3H3,(H2,27,30)(H,28,31)/t9-,14-,17-,20+/m0/s1/i3D3. The van der Waals surface area contributed by atoms with Crippen molar-refractivity contribution in [2.24, 2.45) is 11.7 Å². The fourth-order valence-corrected chi connectivity index (χ4v) is 3.89. The summed E-state index contributed by atoms with van der Waals surface area (Å²) in [5.74, 6) is -10.2. The summed E-state index contributed by atoms with van der Waals surface area (Å²) in [6.07, 6.45) is -6.28. The maximum Gasteiger partial charge on any atom is 0.417 e. The average Bonchev–Trinajstić information content (AvgIpc) is 3.04. The number of carbonyl (C=O) groups excluding carboxylic acids is 2. The molecule has 0 spiro atoms. The number of rotatable bonds is 5. The topological polar surface area (TPSA) is 118 Å². The summed E-state index contributed by atoms with van der Waals surface area (Å²) in [5, 5.41) is 13.9. The van der Waals surface area contributed by atoms with E-state index in [0.29, 0.717) is 13.0 Å². The number of primary amides is 1. The van der Waals surface area contributed by atoms with Crippen LogP contribution in [-0.4, -0.2) is 36.7 Å². The Morgan fingerprint density at radius 1 is 1.32 bits per heavy atom. The van der Waals surface area contributed by atoms with Crippen LogP contribution in [0.2, 0.25) is 0 Å². The summed E-state index contributed by atoms with van der Waals surface area (Å²) >= 11 is 0. The first-order chi connectivity index (χ1) is 16.9. The third kappa shape index (κ3) is 4.11. The molecule has 1 aliphatic heterocycles. The monoisotopic (exact) mass is 492 g/mol. The SMILES string of the molecule is [2H]C([2H])([2H])Oc1c([C@H]2[C@@H](C(=O)Nc3cc[n+]([O-])c(C(N)=O)c3)O[C@@](C)(C(F)(F)F)[C@H]2C)ccc(F)c1F. The quantitative estimate of drug-likeness (QED) is 0.378. The first-order valence-corrected chi connectivity index (χ1v) is 9.62. The van der Waals surface area contributed by atoms with Gasteiger partial charge in [0.15, 0.2) is 23.4 Å². The third-order valence-corrected chi connectivity index (χ3v) is 5.91. The minimum atomic E-state index is -5.05. The Morgan fingerprint density at radius 2 is 2.00 bits per heavy atom. The van der Waals surface area contributed by atoms with Crippen molar-refractivity contribution in [1.82, 2.24) is 0 Å². The molecule has 1 saturated heterocycles. The molecule has 34 heavy (non-hydrogen) atoms. The molecule has 2 amide bonds. The molecule has 2 aromatic rings. The molecule has 3 rings (SSSR count). The summed E-state index contributed by atoms with van der Waals surface area (Å²) in [6, 6.07) is 3.24. The van der Waals surface area contributed by atoms with Crippen molar-refractivity contribution >= 4 is 17.5 Å². The van der Waals surface area contributed by atoms with Crippen LogP contribution in [0.15, 0.2) is 30.5 Å². The second-order valence-corrected chi connectivity index (χ2v) is 7.82. The van der Waals surface area contributed by atoms with E-state index in [4.69, 9.17) is 14.6 Å². The van der Waals surface area contributed by atoms with Gasteiger partial charge in [-0.25, -0.2) is 4.39 Å². The molecule has 13 heteroatoms. The van der Waals surface area contributed by atoms with Crippen LogP contribution in [0.4, 0.5) is 27.6 Å². The fraction of sp³-hybridized carbons (Fsp3) is 0.381. The molecule has 1 fully saturated rings. The fourth-order valence-electron chi connectivity index (χ4n) is 3.89. The summed E-state index contributed by atoms with van der Waals surface area (Å²) in [6.45, 7) is 1.69. The van der Waals surface area contributed by atoms with Crippen molar-refractivity contribution < 1.29 is 49.9 Å². The van der Waals surface area contributed by atoms with Gasteiger partial charge in [0.05, 0.1) is 16.8 Å². The number of hydrogen-bond acceptors (Lipinski definition) is 5. The zero-order valence-corrected chi connectivity index (χ0v) is 17.6. The van der Waals surface area contributed by atoms with Gasteiger partial charge in [-0.3, -0.25) is 9.59 Å². The largest absolute Gasteiger partial charge is 0.618 e. The molecule has 0 saturated carbocycles. The highest BCUT2D eigenvalue weighted by Gasteiger charge is 2.65. The Balaban J connectivity index is 2.13. The predicted octanol–water partition coefficient (Wildman–Crippen LogP) is 2.78. The van der Waals surface area contributed by atoms with Gasteiger partial charge in [-0.05, 0) is 13.0 Å². The van der Waals surface area contributed by atoms with Gasteiger partial charge in [-0.2, -0.15) is 22.3 Å². The van der Waals surface area contributed by atoms with Crippen LogP contribution in [0.5, 0.6) is 5.75 Å². The van der Waals surface area contributed by atoms with Crippen LogP contribution >= 0.6 is 0 Å². The normalized spacial score (nSPS) is 26.3. The molecule has 3 N–H and O–H groups in total. The molecular formula is C21H20F5N3O5. The molecular weight excluding hydrogens is 469 g/mol. The van der Waals surface area contributed by atoms with Gasteiger partial charge in [-0.15, -0.1) is 0 Å². The summed E-state index contributed by atoms with van der Waals surface area (Å²) in [7, 11) is -3.32. The van der Waals surface area contributed by atoms with E-state index in [1.165, 1.54) is 0 Å². The second kappa shape index (κ2) is 8.70. The first kappa shape index (κ1) is 21.1. The maximum atomic E-state index is 14.6. The number of methoxy groups -OCH3 is 1. The number of nitrogens with zero attached hydrogens (tertiary/aromatic N) is 1. The molecule has 8 nitrogen and oxygen atoms in total. The smallest absolute Gasteiger partial charge is 0.417 e. The van der Waals surface area contributed by atoms with Gasteiger partial charge in [0.2, 0.25) is 5.82 Å². The van der Waals surface area contributed by atoms with Crippen molar-refractivity contribution in [2.45, 2.75) is 37.6 Å². The minimum Gasteiger partial charge on any atom is -0.618 e. The van der Waals surface area contributed by atoms with E-state index in [0.717, 1.165) is 31.3 Å². The zero-order chi connectivity index (χ0) is 28.1. The average molecular weight is 492 g/mol. The molecule has 4 atom stereocenters.